The van der Waals surface area contributed by atoms with E-state index in [0.29, 0.717) is 13.0 Å². The van der Waals surface area contributed by atoms with Gasteiger partial charge < -0.3 is 10.2 Å². The van der Waals surface area contributed by atoms with Gasteiger partial charge in [0.2, 0.25) is 11.8 Å². The first kappa shape index (κ1) is 24.7. The van der Waals surface area contributed by atoms with Crippen molar-refractivity contribution < 1.29 is 9.59 Å². The maximum absolute atomic E-state index is 13.9. The number of nitrogens with zero attached hydrogens (tertiary/aromatic N) is 1. The largest absolute Gasteiger partial charge is 0.352 e. The Morgan fingerprint density at radius 1 is 0.829 bits per heavy atom. The highest BCUT2D eigenvalue weighted by atomic mass is 16.2. The van der Waals surface area contributed by atoms with Gasteiger partial charge in [-0.15, -0.1) is 0 Å². The van der Waals surface area contributed by atoms with Crippen molar-refractivity contribution in [2.75, 3.05) is 0 Å². The molecule has 1 aliphatic rings. The Morgan fingerprint density at radius 3 is 2.03 bits per heavy atom. The summed E-state index contributed by atoms with van der Waals surface area (Å²) in [6, 6.07) is 25.8. The maximum atomic E-state index is 13.9. The molecule has 0 heterocycles. The summed E-state index contributed by atoms with van der Waals surface area (Å²) in [7, 11) is 0. The highest BCUT2D eigenvalue weighted by molar-refractivity contribution is 5.89. The van der Waals surface area contributed by atoms with Crippen LogP contribution in [0.5, 0.6) is 0 Å². The summed E-state index contributed by atoms with van der Waals surface area (Å²) in [6.07, 6.45) is 5.09. The second-order valence-electron chi connectivity index (χ2n) is 9.75. The predicted octanol–water partition coefficient (Wildman–Crippen LogP) is 5.54. The van der Waals surface area contributed by atoms with Crippen molar-refractivity contribution >= 4 is 11.8 Å². The number of carbonyl (C=O) groups is 2. The molecular weight excluding hydrogens is 432 g/mol. The summed E-state index contributed by atoms with van der Waals surface area (Å²) >= 11 is 0. The van der Waals surface area contributed by atoms with Crippen LogP contribution in [-0.2, 0) is 29.0 Å². The van der Waals surface area contributed by atoms with Crippen molar-refractivity contribution in [3.8, 4) is 0 Å². The lowest BCUT2D eigenvalue weighted by molar-refractivity contribution is -0.141. The minimum atomic E-state index is -0.575. The lowest BCUT2D eigenvalue weighted by Crippen LogP contribution is -2.52. The molecule has 35 heavy (non-hydrogen) atoms. The van der Waals surface area contributed by atoms with Crippen molar-refractivity contribution in [2.24, 2.45) is 0 Å². The topological polar surface area (TPSA) is 49.4 Å². The van der Waals surface area contributed by atoms with Crippen LogP contribution >= 0.6 is 0 Å². The minimum Gasteiger partial charge on any atom is -0.352 e. The summed E-state index contributed by atoms with van der Waals surface area (Å²) in [5.74, 6) is -0.0717. The van der Waals surface area contributed by atoms with E-state index in [1.54, 1.807) is 0 Å². The first-order chi connectivity index (χ1) is 17.0. The van der Waals surface area contributed by atoms with E-state index in [9.17, 15) is 9.59 Å². The molecule has 4 heteroatoms. The highest BCUT2D eigenvalue weighted by Gasteiger charge is 2.32. The van der Waals surface area contributed by atoms with Crippen LogP contribution in [0.25, 0.3) is 0 Å². The Kier molecular flexibility index (Phi) is 8.36. The van der Waals surface area contributed by atoms with E-state index in [0.717, 1.165) is 53.5 Å². The lowest BCUT2D eigenvalue weighted by atomic mass is 9.99. The summed E-state index contributed by atoms with van der Waals surface area (Å²) in [5.41, 5.74) is 5.33. The molecule has 2 amide bonds. The van der Waals surface area contributed by atoms with Gasteiger partial charge in [-0.2, -0.15) is 0 Å². The van der Waals surface area contributed by atoms with Gasteiger partial charge in [-0.25, -0.2) is 0 Å². The van der Waals surface area contributed by atoms with Crippen molar-refractivity contribution in [3.63, 3.8) is 0 Å². The smallest absolute Gasteiger partial charge is 0.243 e. The molecule has 1 saturated carbocycles. The second kappa shape index (κ2) is 11.8. The fourth-order valence-electron chi connectivity index (χ4n) is 4.97. The molecule has 1 atom stereocenters. The Balaban J connectivity index is 1.68. The van der Waals surface area contributed by atoms with Crippen LogP contribution in [0.3, 0.4) is 0 Å². The molecule has 4 nitrogen and oxygen atoms in total. The van der Waals surface area contributed by atoms with Crippen LogP contribution in [0.4, 0.5) is 0 Å². The number of aryl methyl sites for hydroxylation is 2. The molecule has 0 bridgehead atoms. The third-order valence-corrected chi connectivity index (χ3v) is 7.18. The third-order valence-electron chi connectivity index (χ3n) is 7.18. The third kappa shape index (κ3) is 6.60. The van der Waals surface area contributed by atoms with Crippen LogP contribution in [0.1, 0.15) is 53.5 Å². The fraction of sp³-hybridized carbons (Fsp3) is 0.355. The number of rotatable bonds is 9. The van der Waals surface area contributed by atoms with Crippen LogP contribution < -0.4 is 5.32 Å². The van der Waals surface area contributed by atoms with Gasteiger partial charge in [0.15, 0.2) is 0 Å². The average molecular weight is 469 g/mol. The average Bonchev–Trinajstić information content (AvgIpc) is 3.37. The first-order valence-electron chi connectivity index (χ1n) is 12.7. The summed E-state index contributed by atoms with van der Waals surface area (Å²) in [6.45, 7) is 4.50. The molecule has 1 aliphatic carbocycles. The predicted molar refractivity (Wildman–Crippen MR) is 141 cm³/mol. The Morgan fingerprint density at radius 2 is 1.40 bits per heavy atom. The molecule has 0 unspecified atom stereocenters. The Bertz CT molecular complexity index is 1140. The SMILES string of the molecule is Cc1ccccc1CC(=O)N(Cc1ccccc1C)[C@H](Cc1ccccc1)C(=O)NC1CCCC1. The summed E-state index contributed by atoms with van der Waals surface area (Å²) in [4.78, 5) is 29.5. The monoisotopic (exact) mass is 468 g/mol. The van der Waals surface area contributed by atoms with Crippen LogP contribution in [0.2, 0.25) is 0 Å². The van der Waals surface area contributed by atoms with Crippen molar-refractivity contribution in [1.29, 1.82) is 0 Å². The molecule has 1 fully saturated rings. The van der Waals surface area contributed by atoms with Crippen molar-refractivity contribution in [3.05, 3.63) is 107 Å². The Hall–Kier alpha value is -3.40. The molecule has 0 radical (unpaired) electrons. The molecule has 0 aliphatic heterocycles. The number of hydrogen-bond donors (Lipinski definition) is 1. The molecule has 182 valence electrons. The minimum absolute atomic E-state index is 0.0231. The van der Waals surface area contributed by atoms with E-state index in [-0.39, 0.29) is 24.3 Å². The van der Waals surface area contributed by atoms with Gasteiger partial charge in [0.25, 0.3) is 0 Å². The number of carbonyl (C=O) groups excluding carboxylic acids is 2. The Labute approximate surface area is 209 Å². The van der Waals surface area contributed by atoms with Gasteiger partial charge >= 0.3 is 0 Å². The number of nitrogens with one attached hydrogen (secondary N) is 1. The quantitative estimate of drug-likeness (QED) is 0.448. The molecule has 0 aromatic heterocycles. The highest BCUT2D eigenvalue weighted by Crippen LogP contribution is 2.22. The molecular formula is C31H36N2O2. The van der Waals surface area contributed by atoms with E-state index in [4.69, 9.17) is 0 Å². The molecule has 0 saturated heterocycles. The zero-order valence-electron chi connectivity index (χ0n) is 20.9. The van der Waals surface area contributed by atoms with Crippen LogP contribution in [0.15, 0.2) is 78.9 Å². The number of benzene rings is 3. The zero-order valence-corrected chi connectivity index (χ0v) is 20.9. The standard InChI is InChI=1S/C31H36N2O2/c1-23-12-6-8-16-26(23)21-30(34)33(22-27-17-9-7-13-24(27)2)29(20-25-14-4-3-5-15-25)31(35)32-28-18-10-11-19-28/h3-9,12-17,28-29H,10-11,18-22H2,1-2H3,(H,32,35)/t29-/m1/s1. The van der Waals surface area contributed by atoms with Crippen LogP contribution in [-0.4, -0.2) is 28.8 Å². The molecule has 4 rings (SSSR count). The van der Waals surface area contributed by atoms with E-state index in [1.165, 1.54) is 0 Å². The zero-order chi connectivity index (χ0) is 24.6. The molecule has 0 spiro atoms. The normalized spacial score (nSPS) is 14.5. The van der Waals surface area contributed by atoms with Gasteiger partial charge in [-0.3, -0.25) is 9.59 Å². The molecule has 3 aromatic rings. The van der Waals surface area contributed by atoms with Gasteiger partial charge in [0.1, 0.15) is 6.04 Å². The lowest BCUT2D eigenvalue weighted by Gasteiger charge is -2.33. The van der Waals surface area contributed by atoms with Gasteiger partial charge in [-0.05, 0) is 54.5 Å². The summed E-state index contributed by atoms with van der Waals surface area (Å²) in [5, 5.41) is 3.28. The first-order valence-corrected chi connectivity index (χ1v) is 12.7. The maximum Gasteiger partial charge on any atom is 0.243 e. The van der Waals surface area contributed by atoms with Gasteiger partial charge in [-0.1, -0.05) is 91.7 Å². The van der Waals surface area contributed by atoms with Crippen LogP contribution in [0, 0.1) is 13.8 Å². The van der Waals surface area contributed by atoms with E-state index >= 15 is 0 Å². The van der Waals surface area contributed by atoms with Gasteiger partial charge in [0, 0.05) is 19.0 Å². The van der Waals surface area contributed by atoms with E-state index in [2.05, 4.69) is 24.4 Å². The number of amides is 2. The van der Waals surface area contributed by atoms with E-state index in [1.807, 2.05) is 78.6 Å². The van der Waals surface area contributed by atoms with E-state index < -0.39 is 6.04 Å². The number of hydrogen-bond acceptors (Lipinski definition) is 2. The molecule has 3 aromatic carbocycles. The fourth-order valence-corrected chi connectivity index (χ4v) is 4.97. The summed E-state index contributed by atoms with van der Waals surface area (Å²) < 4.78 is 0. The molecule has 1 N–H and O–H groups in total. The second-order valence-corrected chi connectivity index (χ2v) is 9.75. The van der Waals surface area contributed by atoms with Gasteiger partial charge in [0.05, 0.1) is 6.42 Å². The van der Waals surface area contributed by atoms with Crippen molar-refractivity contribution in [2.45, 2.75) is 71.0 Å². The van der Waals surface area contributed by atoms with Crippen molar-refractivity contribution in [1.82, 2.24) is 10.2 Å².